The highest BCUT2D eigenvalue weighted by Crippen LogP contribution is 2.33. The number of piperazine rings is 1. The highest BCUT2D eigenvalue weighted by molar-refractivity contribution is 9.10. The van der Waals surface area contributed by atoms with E-state index in [2.05, 4.69) is 15.9 Å². The van der Waals surface area contributed by atoms with Gasteiger partial charge in [0, 0.05) is 36.7 Å². The summed E-state index contributed by atoms with van der Waals surface area (Å²) in [6.07, 6.45) is 0. The number of para-hydroxylation sites is 1. The van der Waals surface area contributed by atoms with E-state index < -0.39 is 14.9 Å². The number of primary sulfonamides is 1. The lowest BCUT2D eigenvalue weighted by molar-refractivity contribution is -0.384. The molecule has 2 N–H and O–H groups in total. The first-order chi connectivity index (χ1) is 12.3. The predicted octanol–water partition coefficient (Wildman–Crippen LogP) is 2.33. The minimum Gasteiger partial charge on any atom is -0.367 e. The van der Waals surface area contributed by atoms with E-state index in [4.69, 9.17) is 5.14 Å². The normalized spacial score (nSPS) is 15.2. The molecule has 0 unspecified atom stereocenters. The molecule has 0 aromatic heterocycles. The second kappa shape index (κ2) is 7.22. The number of rotatable bonds is 4. The van der Waals surface area contributed by atoms with Crippen molar-refractivity contribution in [3.05, 3.63) is 57.1 Å². The van der Waals surface area contributed by atoms with Crippen LogP contribution in [0.1, 0.15) is 0 Å². The molecule has 0 radical (unpaired) electrons. The zero-order valence-electron chi connectivity index (χ0n) is 13.7. The zero-order chi connectivity index (χ0) is 18.9. The van der Waals surface area contributed by atoms with Crippen LogP contribution in [0.15, 0.2) is 51.8 Å². The highest BCUT2D eigenvalue weighted by atomic mass is 79.9. The first kappa shape index (κ1) is 18.6. The Kier molecular flexibility index (Phi) is 5.17. The van der Waals surface area contributed by atoms with Crippen LogP contribution < -0.4 is 14.9 Å². The minimum atomic E-state index is -3.82. The van der Waals surface area contributed by atoms with Crippen molar-refractivity contribution in [1.29, 1.82) is 0 Å². The van der Waals surface area contributed by atoms with Gasteiger partial charge in [-0.3, -0.25) is 10.1 Å². The summed E-state index contributed by atoms with van der Waals surface area (Å²) in [5.74, 6) is 0. The number of sulfonamides is 1. The number of anilines is 2. The molecule has 1 fully saturated rings. The lowest BCUT2D eigenvalue weighted by Crippen LogP contribution is -2.47. The highest BCUT2D eigenvalue weighted by Gasteiger charge is 2.26. The molecule has 1 heterocycles. The Morgan fingerprint density at radius 2 is 1.58 bits per heavy atom. The first-order valence-corrected chi connectivity index (χ1v) is 10.2. The van der Waals surface area contributed by atoms with Gasteiger partial charge in [-0.25, -0.2) is 13.6 Å². The second-order valence-electron chi connectivity index (χ2n) is 5.88. The second-order valence-corrected chi connectivity index (χ2v) is 8.32. The van der Waals surface area contributed by atoms with Crippen molar-refractivity contribution in [3.63, 3.8) is 0 Å². The summed E-state index contributed by atoms with van der Waals surface area (Å²) in [5.41, 5.74) is 1.15. The Labute approximate surface area is 159 Å². The molecule has 2 aromatic rings. The van der Waals surface area contributed by atoms with Gasteiger partial charge in [-0.2, -0.15) is 0 Å². The standard InChI is InChI=1S/C16H17BrN4O4S/c17-12-5-6-13(15(11-12)21(22)23)19-7-9-20(10-8-19)14-3-1-2-4-16(14)26(18,24)25/h1-6,11H,7-10H2,(H2,18,24,25). The van der Waals surface area contributed by atoms with Gasteiger partial charge in [-0.15, -0.1) is 0 Å². The van der Waals surface area contributed by atoms with Crippen LogP contribution in [0.25, 0.3) is 0 Å². The maximum absolute atomic E-state index is 11.8. The van der Waals surface area contributed by atoms with Crippen LogP contribution in [-0.4, -0.2) is 39.5 Å². The van der Waals surface area contributed by atoms with Gasteiger partial charge in [0.2, 0.25) is 10.0 Å². The molecule has 0 amide bonds. The Morgan fingerprint density at radius 3 is 2.15 bits per heavy atom. The van der Waals surface area contributed by atoms with Crippen LogP contribution in [0, 0.1) is 10.1 Å². The smallest absolute Gasteiger partial charge is 0.293 e. The summed E-state index contributed by atoms with van der Waals surface area (Å²) < 4.78 is 24.2. The van der Waals surface area contributed by atoms with Crippen molar-refractivity contribution in [2.45, 2.75) is 4.90 Å². The zero-order valence-corrected chi connectivity index (χ0v) is 16.1. The van der Waals surface area contributed by atoms with Crippen LogP contribution in [0.4, 0.5) is 17.1 Å². The van der Waals surface area contributed by atoms with E-state index in [0.717, 1.165) is 0 Å². The molecule has 26 heavy (non-hydrogen) atoms. The number of halogens is 1. The average molecular weight is 441 g/mol. The van der Waals surface area contributed by atoms with Crippen molar-refractivity contribution in [1.82, 2.24) is 0 Å². The summed E-state index contributed by atoms with van der Waals surface area (Å²) in [6, 6.07) is 11.6. The van der Waals surface area contributed by atoms with Crippen molar-refractivity contribution in [2.24, 2.45) is 5.14 Å². The third kappa shape index (κ3) is 3.81. The Balaban J connectivity index is 1.83. The van der Waals surface area contributed by atoms with E-state index in [9.17, 15) is 18.5 Å². The number of nitro groups is 1. The molecule has 0 atom stereocenters. The summed E-state index contributed by atoms with van der Waals surface area (Å²) in [4.78, 5) is 14.9. The molecule has 138 valence electrons. The molecule has 3 rings (SSSR count). The van der Waals surface area contributed by atoms with Crippen LogP contribution in [-0.2, 0) is 10.0 Å². The Bertz CT molecular complexity index is 943. The number of hydrogen-bond acceptors (Lipinski definition) is 6. The van der Waals surface area contributed by atoms with Gasteiger partial charge >= 0.3 is 0 Å². The monoisotopic (exact) mass is 440 g/mol. The van der Waals surface area contributed by atoms with Crippen LogP contribution in [0.3, 0.4) is 0 Å². The van der Waals surface area contributed by atoms with Crippen LogP contribution in [0.2, 0.25) is 0 Å². The number of benzene rings is 2. The minimum absolute atomic E-state index is 0.0396. The van der Waals surface area contributed by atoms with Gasteiger partial charge in [-0.05, 0) is 24.3 Å². The molecule has 10 heteroatoms. The molecule has 0 saturated carbocycles. The number of hydrogen-bond donors (Lipinski definition) is 1. The third-order valence-electron chi connectivity index (χ3n) is 4.27. The number of nitro benzene ring substituents is 1. The SMILES string of the molecule is NS(=O)(=O)c1ccccc1N1CCN(c2ccc(Br)cc2[N+](=O)[O-])CC1. The summed E-state index contributed by atoms with van der Waals surface area (Å²) in [6.45, 7) is 2.11. The van der Waals surface area contributed by atoms with Gasteiger partial charge in [0.15, 0.2) is 0 Å². The molecule has 1 aliphatic heterocycles. The van der Waals surface area contributed by atoms with E-state index in [1.807, 2.05) is 9.80 Å². The molecular formula is C16H17BrN4O4S. The fraction of sp³-hybridized carbons (Fsp3) is 0.250. The average Bonchev–Trinajstić information content (AvgIpc) is 2.61. The van der Waals surface area contributed by atoms with Crippen LogP contribution >= 0.6 is 15.9 Å². The largest absolute Gasteiger partial charge is 0.367 e. The lowest BCUT2D eigenvalue weighted by atomic mass is 10.2. The predicted molar refractivity (Wildman–Crippen MR) is 103 cm³/mol. The van der Waals surface area contributed by atoms with Gasteiger partial charge in [0.1, 0.15) is 10.6 Å². The van der Waals surface area contributed by atoms with E-state index in [-0.39, 0.29) is 10.6 Å². The molecule has 1 aliphatic rings. The first-order valence-electron chi connectivity index (χ1n) is 7.83. The summed E-state index contributed by atoms with van der Waals surface area (Å²) in [5, 5.41) is 16.6. The fourth-order valence-electron chi connectivity index (χ4n) is 3.06. The van der Waals surface area contributed by atoms with E-state index in [0.29, 0.717) is 42.0 Å². The van der Waals surface area contributed by atoms with E-state index >= 15 is 0 Å². The van der Waals surface area contributed by atoms with Crippen molar-refractivity contribution >= 4 is 43.0 Å². The fourth-order valence-corrected chi connectivity index (χ4v) is 4.16. The molecule has 8 nitrogen and oxygen atoms in total. The maximum atomic E-state index is 11.8. The Morgan fingerprint density at radius 1 is 1.00 bits per heavy atom. The van der Waals surface area contributed by atoms with Crippen molar-refractivity contribution in [2.75, 3.05) is 36.0 Å². The number of nitrogens with two attached hydrogens (primary N) is 1. The van der Waals surface area contributed by atoms with Gasteiger partial charge in [0.25, 0.3) is 5.69 Å². The van der Waals surface area contributed by atoms with Crippen molar-refractivity contribution in [3.8, 4) is 0 Å². The van der Waals surface area contributed by atoms with Crippen molar-refractivity contribution < 1.29 is 13.3 Å². The maximum Gasteiger partial charge on any atom is 0.293 e. The molecule has 1 saturated heterocycles. The topological polar surface area (TPSA) is 110 Å². The molecular weight excluding hydrogens is 424 g/mol. The quantitative estimate of drug-likeness (QED) is 0.576. The summed E-state index contributed by atoms with van der Waals surface area (Å²) in [7, 11) is -3.82. The molecule has 0 bridgehead atoms. The van der Waals surface area contributed by atoms with Gasteiger partial charge < -0.3 is 9.80 Å². The Hall–Kier alpha value is -2.17. The lowest BCUT2D eigenvalue weighted by Gasteiger charge is -2.37. The molecule has 0 spiro atoms. The summed E-state index contributed by atoms with van der Waals surface area (Å²) >= 11 is 3.26. The number of nitrogens with zero attached hydrogens (tertiary/aromatic N) is 3. The molecule has 0 aliphatic carbocycles. The van der Waals surface area contributed by atoms with E-state index in [1.165, 1.54) is 12.1 Å². The van der Waals surface area contributed by atoms with Gasteiger partial charge in [0.05, 0.1) is 10.6 Å². The molecule has 2 aromatic carbocycles. The third-order valence-corrected chi connectivity index (χ3v) is 5.72. The van der Waals surface area contributed by atoms with Crippen LogP contribution in [0.5, 0.6) is 0 Å². The van der Waals surface area contributed by atoms with Gasteiger partial charge in [-0.1, -0.05) is 28.1 Å². The van der Waals surface area contributed by atoms with E-state index in [1.54, 1.807) is 30.3 Å².